The number of hydrogen-bond donors (Lipinski definition) is 2. The second-order valence-corrected chi connectivity index (χ2v) is 5.62. The van der Waals surface area contributed by atoms with Crippen LogP contribution in [0.3, 0.4) is 0 Å². The van der Waals surface area contributed by atoms with E-state index in [0.717, 1.165) is 5.56 Å². The van der Waals surface area contributed by atoms with Crippen molar-refractivity contribution in [1.82, 2.24) is 9.88 Å². The number of aliphatic hydroxyl groups excluding tert-OH is 2. The van der Waals surface area contributed by atoms with Crippen LogP contribution in [0.15, 0.2) is 48.7 Å². The Morgan fingerprint density at radius 1 is 1.18 bits per heavy atom. The summed E-state index contributed by atoms with van der Waals surface area (Å²) in [6, 6.07) is 12.2. The second kappa shape index (κ2) is 6.52. The van der Waals surface area contributed by atoms with Gasteiger partial charge in [0, 0.05) is 25.2 Å². The van der Waals surface area contributed by atoms with Gasteiger partial charge in [0.2, 0.25) is 0 Å². The van der Waals surface area contributed by atoms with E-state index < -0.39 is 12.1 Å². The van der Waals surface area contributed by atoms with Crippen LogP contribution >= 0.6 is 0 Å². The minimum atomic E-state index is -0.681. The van der Waals surface area contributed by atoms with Crippen LogP contribution in [0.5, 0.6) is 0 Å². The summed E-state index contributed by atoms with van der Waals surface area (Å²) >= 11 is 0. The quantitative estimate of drug-likeness (QED) is 0.899. The summed E-state index contributed by atoms with van der Waals surface area (Å²) < 4.78 is 13.8. The molecule has 3 atom stereocenters. The highest BCUT2D eigenvalue weighted by Gasteiger charge is 2.41. The fourth-order valence-corrected chi connectivity index (χ4v) is 3.12. The first kappa shape index (κ1) is 15.1. The monoisotopic (exact) mass is 302 g/mol. The Labute approximate surface area is 128 Å². The maximum atomic E-state index is 13.8. The summed E-state index contributed by atoms with van der Waals surface area (Å²) in [7, 11) is 0. The zero-order valence-electron chi connectivity index (χ0n) is 12.1. The average molecular weight is 302 g/mol. The molecular formula is C17H19FN2O2. The molecule has 3 rings (SSSR count). The Bertz CT molecular complexity index is 623. The van der Waals surface area contributed by atoms with Gasteiger partial charge in [-0.05, 0) is 17.7 Å². The molecule has 116 valence electrons. The molecule has 1 aromatic heterocycles. The van der Waals surface area contributed by atoms with Crippen LogP contribution in [0.2, 0.25) is 0 Å². The first-order chi connectivity index (χ1) is 10.7. The number of benzene rings is 1. The lowest BCUT2D eigenvalue weighted by atomic mass is 9.94. The third-order valence-corrected chi connectivity index (χ3v) is 4.31. The number of aliphatic hydroxyl groups is 2. The topological polar surface area (TPSA) is 56.6 Å². The second-order valence-electron chi connectivity index (χ2n) is 5.62. The maximum Gasteiger partial charge on any atom is 0.146 e. The highest BCUT2D eigenvalue weighted by molar-refractivity contribution is 5.24. The molecule has 1 fully saturated rings. The Kier molecular flexibility index (Phi) is 4.47. The van der Waals surface area contributed by atoms with Gasteiger partial charge in [-0.2, -0.15) is 0 Å². The number of pyridine rings is 1. The predicted molar refractivity (Wildman–Crippen MR) is 80.7 cm³/mol. The van der Waals surface area contributed by atoms with Gasteiger partial charge < -0.3 is 10.2 Å². The fourth-order valence-electron chi connectivity index (χ4n) is 3.12. The van der Waals surface area contributed by atoms with Gasteiger partial charge in [0.1, 0.15) is 5.82 Å². The van der Waals surface area contributed by atoms with Crippen LogP contribution < -0.4 is 0 Å². The largest absolute Gasteiger partial charge is 0.395 e. The molecule has 22 heavy (non-hydrogen) atoms. The van der Waals surface area contributed by atoms with E-state index in [2.05, 4.69) is 4.98 Å². The van der Waals surface area contributed by atoms with Crippen molar-refractivity contribution < 1.29 is 14.6 Å². The highest BCUT2D eigenvalue weighted by atomic mass is 19.1. The van der Waals surface area contributed by atoms with Crippen molar-refractivity contribution in [2.24, 2.45) is 0 Å². The van der Waals surface area contributed by atoms with Gasteiger partial charge in [0.15, 0.2) is 0 Å². The van der Waals surface area contributed by atoms with Gasteiger partial charge in [-0.25, -0.2) is 4.39 Å². The molecule has 4 nitrogen and oxygen atoms in total. The molecule has 5 heteroatoms. The Hall–Kier alpha value is -1.82. The van der Waals surface area contributed by atoms with Crippen molar-refractivity contribution >= 4 is 0 Å². The lowest BCUT2D eigenvalue weighted by molar-refractivity contribution is 0.0632. The van der Waals surface area contributed by atoms with Crippen molar-refractivity contribution in [3.8, 4) is 0 Å². The van der Waals surface area contributed by atoms with Crippen LogP contribution in [0, 0.1) is 5.82 Å². The van der Waals surface area contributed by atoms with E-state index in [1.807, 2.05) is 35.2 Å². The van der Waals surface area contributed by atoms with Gasteiger partial charge in [0.05, 0.1) is 24.4 Å². The molecule has 1 aliphatic heterocycles. The van der Waals surface area contributed by atoms with E-state index in [1.165, 1.54) is 6.07 Å². The average Bonchev–Trinajstić information content (AvgIpc) is 2.86. The van der Waals surface area contributed by atoms with Crippen molar-refractivity contribution in [3.05, 3.63) is 65.7 Å². The molecule has 2 heterocycles. The molecular weight excluding hydrogens is 283 g/mol. The molecule has 1 saturated heterocycles. The molecule has 0 aliphatic carbocycles. The fraction of sp³-hybridized carbons (Fsp3) is 0.353. The number of aromatic nitrogens is 1. The third kappa shape index (κ3) is 2.88. The molecule has 0 saturated carbocycles. The van der Waals surface area contributed by atoms with Gasteiger partial charge >= 0.3 is 0 Å². The molecule has 1 aliphatic rings. The Morgan fingerprint density at radius 2 is 1.95 bits per heavy atom. The Balaban J connectivity index is 1.81. The van der Waals surface area contributed by atoms with E-state index in [9.17, 15) is 14.6 Å². The molecule has 0 radical (unpaired) electrons. The van der Waals surface area contributed by atoms with Crippen molar-refractivity contribution in [1.29, 1.82) is 0 Å². The first-order valence-electron chi connectivity index (χ1n) is 7.38. The smallest absolute Gasteiger partial charge is 0.146 e. The van der Waals surface area contributed by atoms with E-state index in [4.69, 9.17) is 0 Å². The standard InChI is InChI=1S/C17H19FN2O2/c18-14-7-4-8-19-15(14)10-20-9-13(17(22)16(20)11-21)12-5-2-1-3-6-12/h1-8,13,16-17,21-22H,9-11H2/t13-,16-,17-/m1/s1. The van der Waals surface area contributed by atoms with Crippen LogP contribution in [0.4, 0.5) is 4.39 Å². The summed E-state index contributed by atoms with van der Waals surface area (Å²) in [5.74, 6) is -0.457. The van der Waals surface area contributed by atoms with E-state index in [-0.39, 0.29) is 24.9 Å². The molecule has 0 bridgehead atoms. The molecule has 0 amide bonds. The zero-order chi connectivity index (χ0) is 15.5. The summed E-state index contributed by atoms with van der Waals surface area (Å²) in [5, 5.41) is 20.1. The maximum absolute atomic E-state index is 13.8. The van der Waals surface area contributed by atoms with Crippen molar-refractivity contribution in [3.63, 3.8) is 0 Å². The molecule has 0 spiro atoms. The van der Waals surface area contributed by atoms with Crippen molar-refractivity contribution in [2.45, 2.75) is 24.6 Å². The molecule has 2 N–H and O–H groups in total. The lowest BCUT2D eigenvalue weighted by Gasteiger charge is -2.23. The van der Waals surface area contributed by atoms with Crippen LogP contribution in [-0.4, -0.2) is 45.4 Å². The number of halogens is 1. The molecule has 2 aromatic rings. The number of rotatable bonds is 4. The van der Waals surface area contributed by atoms with Gasteiger partial charge in [-0.15, -0.1) is 0 Å². The minimum Gasteiger partial charge on any atom is -0.395 e. The summed E-state index contributed by atoms with van der Waals surface area (Å²) in [6.07, 6.45) is 0.868. The van der Waals surface area contributed by atoms with Crippen LogP contribution in [0.25, 0.3) is 0 Å². The zero-order valence-corrected chi connectivity index (χ0v) is 12.1. The normalized spacial score (nSPS) is 25.5. The van der Waals surface area contributed by atoms with Crippen LogP contribution in [0.1, 0.15) is 17.2 Å². The first-order valence-corrected chi connectivity index (χ1v) is 7.38. The van der Waals surface area contributed by atoms with Gasteiger partial charge in [-0.1, -0.05) is 30.3 Å². The lowest BCUT2D eigenvalue weighted by Crippen LogP contribution is -2.38. The number of likely N-dealkylation sites (tertiary alicyclic amines) is 1. The minimum absolute atomic E-state index is 0.0925. The predicted octanol–water partition coefficient (Wildman–Crippen LogP) is 1.54. The van der Waals surface area contributed by atoms with E-state index >= 15 is 0 Å². The van der Waals surface area contributed by atoms with Gasteiger partial charge in [0.25, 0.3) is 0 Å². The number of nitrogens with zero attached hydrogens (tertiary/aromatic N) is 2. The molecule has 1 aromatic carbocycles. The highest BCUT2D eigenvalue weighted by Crippen LogP contribution is 2.33. The third-order valence-electron chi connectivity index (χ3n) is 4.31. The van der Waals surface area contributed by atoms with Crippen LogP contribution in [-0.2, 0) is 6.54 Å². The summed E-state index contributed by atoms with van der Waals surface area (Å²) in [6.45, 7) is 0.670. The van der Waals surface area contributed by atoms with E-state index in [0.29, 0.717) is 12.2 Å². The number of hydrogen-bond acceptors (Lipinski definition) is 4. The van der Waals surface area contributed by atoms with Crippen molar-refractivity contribution in [2.75, 3.05) is 13.2 Å². The van der Waals surface area contributed by atoms with Gasteiger partial charge in [-0.3, -0.25) is 9.88 Å². The Morgan fingerprint density at radius 3 is 2.64 bits per heavy atom. The molecule has 0 unspecified atom stereocenters. The SMILES string of the molecule is OC[C@@H]1[C@H](O)[C@@H](c2ccccc2)CN1Cc1ncccc1F. The summed E-state index contributed by atoms with van der Waals surface area (Å²) in [5.41, 5.74) is 1.36. The van der Waals surface area contributed by atoms with E-state index in [1.54, 1.807) is 12.3 Å². The summed E-state index contributed by atoms with van der Waals surface area (Å²) in [4.78, 5) is 5.95.